The Hall–Kier alpha value is -2.59. The van der Waals surface area contributed by atoms with E-state index in [0.29, 0.717) is 28.1 Å². The quantitative estimate of drug-likeness (QED) is 0.777. The molecule has 5 nitrogen and oxygen atoms in total. The van der Waals surface area contributed by atoms with Gasteiger partial charge in [0.2, 0.25) is 0 Å². The van der Waals surface area contributed by atoms with Crippen molar-refractivity contribution in [2.75, 3.05) is 11.9 Å². The van der Waals surface area contributed by atoms with E-state index in [1.54, 1.807) is 32.0 Å². The molecule has 0 aromatic heterocycles. The number of benzene rings is 2. The van der Waals surface area contributed by atoms with Crippen LogP contribution in [0.3, 0.4) is 0 Å². The monoisotopic (exact) mass is 406 g/mol. The normalized spacial score (nSPS) is 11.3. The summed E-state index contributed by atoms with van der Waals surface area (Å²) in [5.74, 6) is -0.355. The van der Waals surface area contributed by atoms with Gasteiger partial charge in [-0.1, -0.05) is 15.9 Å². The molecule has 2 rings (SSSR count). The lowest BCUT2D eigenvalue weighted by molar-refractivity contribution is -0.122. The molecule has 7 heteroatoms. The number of nitrogens with zero attached hydrogens (tertiary/aromatic N) is 1. The minimum absolute atomic E-state index is 0.0634. The van der Waals surface area contributed by atoms with Crippen LogP contribution in [0.25, 0.3) is 0 Å². The highest BCUT2D eigenvalue weighted by Gasteiger charge is 2.19. The van der Waals surface area contributed by atoms with E-state index in [2.05, 4.69) is 21.2 Å². The second-order valence-corrected chi connectivity index (χ2v) is 6.00. The average molecular weight is 407 g/mol. The van der Waals surface area contributed by atoms with Gasteiger partial charge in [0, 0.05) is 10.5 Å². The number of halogens is 2. The Bertz CT molecular complexity index is 820. The molecule has 0 aliphatic rings. The van der Waals surface area contributed by atoms with E-state index in [4.69, 9.17) is 14.7 Å². The first kappa shape index (κ1) is 18.7. The first-order valence-electron chi connectivity index (χ1n) is 7.54. The van der Waals surface area contributed by atoms with Crippen LogP contribution in [0.4, 0.5) is 10.1 Å². The molecule has 130 valence electrons. The van der Waals surface area contributed by atoms with Gasteiger partial charge in [0.25, 0.3) is 5.91 Å². The number of hydrogen-bond donors (Lipinski definition) is 1. The van der Waals surface area contributed by atoms with Gasteiger partial charge in [-0.15, -0.1) is 0 Å². The summed E-state index contributed by atoms with van der Waals surface area (Å²) in [6.07, 6.45) is -0.893. The predicted octanol–water partition coefficient (Wildman–Crippen LogP) is 4.26. The molecular weight excluding hydrogens is 391 g/mol. The van der Waals surface area contributed by atoms with Crippen LogP contribution in [0, 0.1) is 17.1 Å². The molecule has 0 spiro atoms. The Morgan fingerprint density at radius 3 is 2.72 bits per heavy atom. The van der Waals surface area contributed by atoms with Crippen molar-refractivity contribution in [3.63, 3.8) is 0 Å². The van der Waals surface area contributed by atoms with Crippen LogP contribution >= 0.6 is 15.9 Å². The van der Waals surface area contributed by atoms with Gasteiger partial charge in [-0.3, -0.25) is 4.79 Å². The maximum Gasteiger partial charge on any atom is 0.265 e. The molecule has 1 atom stereocenters. The maximum absolute atomic E-state index is 13.8. The first-order chi connectivity index (χ1) is 11.9. The summed E-state index contributed by atoms with van der Waals surface area (Å²) in [5.41, 5.74) is 0.485. The molecule has 0 fully saturated rings. The molecule has 0 saturated carbocycles. The molecule has 1 N–H and O–H groups in total. The van der Waals surface area contributed by atoms with E-state index < -0.39 is 17.8 Å². The largest absolute Gasteiger partial charge is 0.490 e. The van der Waals surface area contributed by atoms with E-state index in [9.17, 15) is 9.18 Å². The van der Waals surface area contributed by atoms with Gasteiger partial charge in [-0.05, 0) is 44.2 Å². The number of ether oxygens (including phenoxy) is 2. The number of carbonyl (C=O) groups is 1. The molecule has 0 heterocycles. The number of nitrogens with one attached hydrogen (secondary N) is 1. The van der Waals surface area contributed by atoms with Crippen LogP contribution in [0.5, 0.6) is 11.5 Å². The second-order valence-electron chi connectivity index (χ2n) is 5.08. The van der Waals surface area contributed by atoms with Crippen molar-refractivity contribution in [3.05, 3.63) is 52.3 Å². The lowest BCUT2D eigenvalue weighted by atomic mass is 10.2. The topological polar surface area (TPSA) is 71.3 Å². The summed E-state index contributed by atoms with van der Waals surface area (Å²) in [6, 6.07) is 11.0. The predicted molar refractivity (Wildman–Crippen MR) is 95.1 cm³/mol. The third-order valence-corrected chi connectivity index (χ3v) is 3.73. The van der Waals surface area contributed by atoms with Gasteiger partial charge >= 0.3 is 0 Å². The fourth-order valence-corrected chi connectivity index (χ4v) is 2.35. The average Bonchev–Trinajstić information content (AvgIpc) is 2.59. The van der Waals surface area contributed by atoms with E-state index in [0.717, 1.165) is 0 Å². The summed E-state index contributed by atoms with van der Waals surface area (Å²) in [4.78, 5) is 12.2. The smallest absolute Gasteiger partial charge is 0.265 e. The molecule has 1 amide bonds. The number of rotatable bonds is 6. The van der Waals surface area contributed by atoms with Crippen molar-refractivity contribution >= 4 is 27.5 Å². The lowest BCUT2D eigenvalue weighted by Gasteiger charge is -2.17. The van der Waals surface area contributed by atoms with Gasteiger partial charge in [0.1, 0.15) is 5.82 Å². The van der Waals surface area contributed by atoms with Gasteiger partial charge < -0.3 is 14.8 Å². The Morgan fingerprint density at radius 1 is 1.32 bits per heavy atom. The third-order valence-electron chi connectivity index (χ3n) is 3.23. The van der Waals surface area contributed by atoms with Crippen molar-refractivity contribution in [1.29, 1.82) is 5.26 Å². The zero-order chi connectivity index (χ0) is 18.4. The highest BCUT2D eigenvalue weighted by molar-refractivity contribution is 9.10. The molecule has 2 aromatic carbocycles. The van der Waals surface area contributed by atoms with E-state index in [1.165, 1.54) is 18.2 Å². The summed E-state index contributed by atoms with van der Waals surface area (Å²) in [6.45, 7) is 3.73. The molecule has 0 bridgehead atoms. The molecule has 0 saturated heterocycles. The molecule has 2 aromatic rings. The van der Waals surface area contributed by atoms with Crippen LogP contribution in [0.2, 0.25) is 0 Å². The van der Waals surface area contributed by atoms with Crippen molar-refractivity contribution in [1.82, 2.24) is 0 Å². The number of nitriles is 1. The van der Waals surface area contributed by atoms with Crippen LogP contribution < -0.4 is 14.8 Å². The van der Waals surface area contributed by atoms with E-state index in [-0.39, 0.29) is 5.69 Å². The minimum atomic E-state index is -0.893. The Morgan fingerprint density at radius 2 is 2.08 bits per heavy atom. The highest BCUT2D eigenvalue weighted by atomic mass is 79.9. The molecule has 0 aliphatic heterocycles. The maximum atomic E-state index is 13.8. The number of anilines is 1. The molecule has 0 radical (unpaired) electrons. The lowest BCUT2D eigenvalue weighted by Crippen LogP contribution is -2.30. The molecule has 0 unspecified atom stereocenters. The van der Waals surface area contributed by atoms with Crippen LogP contribution in [0.1, 0.15) is 19.4 Å². The Kier molecular flexibility index (Phi) is 6.37. The number of hydrogen-bond acceptors (Lipinski definition) is 4. The van der Waals surface area contributed by atoms with Crippen molar-refractivity contribution in [2.24, 2.45) is 0 Å². The van der Waals surface area contributed by atoms with E-state index >= 15 is 0 Å². The summed E-state index contributed by atoms with van der Waals surface area (Å²) >= 11 is 3.16. The van der Waals surface area contributed by atoms with Gasteiger partial charge in [0.15, 0.2) is 17.6 Å². The Labute approximate surface area is 153 Å². The van der Waals surface area contributed by atoms with Gasteiger partial charge in [0.05, 0.1) is 23.9 Å². The zero-order valence-corrected chi connectivity index (χ0v) is 15.3. The zero-order valence-electron chi connectivity index (χ0n) is 13.7. The molecule has 0 aliphatic carbocycles. The number of amides is 1. The minimum Gasteiger partial charge on any atom is -0.490 e. The summed E-state index contributed by atoms with van der Waals surface area (Å²) in [5, 5.41) is 11.4. The second kappa shape index (κ2) is 8.49. The molecule has 25 heavy (non-hydrogen) atoms. The van der Waals surface area contributed by atoms with Crippen LogP contribution in [-0.2, 0) is 4.79 Å². The Balaban J connectivity index is 2.12. The number of carbonyl (C=O) groups excluding carboxylic acids is 1. The standard InChI is InChI=1S/C18H16BrFN2O3/c1-3-24-17-8-12(10-21)4-7-16(17)25-11(2)18(23)22-15-6-5-13(19)9-14(15)20/h4-9,11H,3H2,1-2H3,(H,22,23)/t11-/m0/s1. The van der Waals surface area contributed by atoms with Crippen molar-refractivity contribution < 1.29 is 18.7 Å². The van der Waals surface area contributed by atoms with Gasteiger partial charge in [-0.25, -0.2) is 4.39 Å². The summed E-state index contributed by atoms with van der Waals surface area (Å²) < 4.78 is 25.4. The molecular formula is C18H16BrFN2O3. The summed E-state index contributed by atoms with van der Waals surface area (Å²) in [7, 11) is 0. The highest BCUT2D eigenvalue weighted by Crippen LogP contribution is 2.29. The van der Waals surface area contributed by atoms with Crippen molar-refractivity contribution in [3.8, 4) is 17.6 Å². The fraction of sp³-hybridized carbons (Fsp3) is 0.222. The fourth-order valence-electron chi connectivity index (χ4n) is 2.01. The SMILES string of the molecule is CCOc1cc(C#N)ccc1O[C@@H](C)C(=O)Nc1ccc(Br)cc1F. The third kappa shape index (κ3) is 4.94. The van der Waals surface area contributed by atoms with E-state index in [1.807, 2.05) is 6.07 Å². The first-order valence-corrected chi connectivity index (χ1v) is 8.33. The van der Waals surface area contributed by atoms with Crippen molar-refractivity contribution in [2.45, 2.75) is 20.0 Å². The van der Waals surface area contributed by atoms with Crippen LogP contribution in [-0.4, -0.2) is 18.6 Å². The van der Waals surface area contributed by atoms with Gasteiger partial charge in [-0.2, -0.15) is 5.26 Å². The van der Waals surface area contributed by atoms with Crippen LogP contribution in [0.15, 0.2) is 40.9 Å².